The lowest BCUT2D eigenvalue weighted by Gasteiger charge is -2.41. The molecule has 4 saturated carbocycles. The topological polar surface area (TPSA) is 55.4 Å². The summed E-state index contributed by atoms with van der Waals surface area (Å²) >= 11 is 1.76. The second-order valence-corrected chi connectivity index (χ2v) is 29.6. The maximum atomic E-state index is 7.39. The van der Waals surface area contributed by atoms with Gasteiger partial charge >= 0.3 is 17.2 Å². The summed E-state index contributed by atoms with van der Waals surface area (Å²) in [6, 6.07) is 13.8. The molecule has 404 valence electrons. The molecule has 0 aliphatic heterocycles. The summed E-state index contributed by atoms with van der Waals surface area (Å²) < 4.78 is 44.2. The third-order valence-electron chi connectivity index (χ3n) is 18.5. The minimum Gasteiger partial charge on any atom is -0.426 e. The van der Waals surface area contributed by atoms with Crippen molar-refractivity contribution in [3.8, 4) is 11.5 Å². The molecular weight excluding hydrogens is 935 g/mol. The van der Waals surface area contributed by atoms with Crippen LogP contribution in [-0.4, -0.2) is 24.4 Å². The van der Waals surface area contributed by atoms with E-state index in [4.69, 9.17) is 27.1 Å². The van der Waals surface area contributed by atoms with Crippen LogP contribution in [0.15, 0.2) is 46.2 Å². The smallest absolute Gasteiger partial charge is 0.397 e. The summed E-state index contributed by atoms with van der Waals surface area (Å²) in [5, 5.41) is 0. The molecular formula is C62H104O6P2S. The van der Waals surface area contributed by atoms with E-state index in [2.05, 4.69) is 161 Å². The van der Waals surface area contributed by atoms with Gasteiger partial charge in [0.25, 0.3) is 0 Å². The van der Waals surface area contributed by atoms with Crippen molar-refractivity contribution < 1.29 is 27.1 Å². The van der Waals surface area contributed by atoms with Crippen molar-refractivity contribution in [2.45, 2.75) is 260 Å². The van der Waals surface area contributed by atoms with Gasteiger partial charge in [-0.1, -0.05) is 174 Å². The van der Waals surface area contributed by atoms with Crippen molar-refractivity contribution in [2.24, 2.45) is 71.0 Å². The van der Waals surface area contributed by atoms with Gasteiger partial charge in [-0.2, -0.15) is 0 Å². The Morgan fingerprint density at radius 3 is 0.958 bits per heavy atom. The Labute approximate surface area is 443 Å². The van der Waals surface area contributed by atoms with Crippen molar-refractivity contribution in [1.29, 1.82) is 0 Å². The Kier molecular flexibility index (Phi) is 22.1. The molecule has 0 radical (unpaired) electrons. The normalized spacial score (nSPS) is 30.3. The molecule has 0 bridgehead atoms. The fourth-order valence-electron chi connectivity index (χ4n) is 12.4. The Bertz CT molecular complexity index is 1730. The van der Waals surface area contributed by atoms with Gasteiger partial charge in [0.15, 0.2) is 0 Å². The van der Waals surface area contributed by atoms with E-state index in [-0.39, 0.29) is 35.2 Å². The number of hydrogen-bond donors (Lipinski definition) is 0. The van der Waals surface area contributed by atoms with Crippen LogP contribution < -0.4 is 9.05 Å². The van der Waals surface area contributed by atoms with Crippen molar-refractivity contribution in [2.75, 3.05) is 0 Å². The van der Waals surface area contributed by atoms with E-state index in [1.165, 1.54) is 62.5 Å². The maximum Gasteiger partial charge on any atom is 0.397 e. The minimum absolute atomic E-state index is 0.0351. The average molecular weight is 1040 g/mol. The summed E-state index contributed by atoms with van der Waals surface area (Å²) in [5.41, 5.74) is 2.52. The molecule has 0 amide bonds. The highest BCUT2D eigenvalue weighted by Gasteiger charge is 2.42. The molecule has 2 aromatic rings. The van der Waals surface area contributed by atoms with Crippen molar-refractivity contribution >= 4 is 29.0 Å². The molecule has 0 spiro atoms. The van der Waals surface area contributed by atoms with Crippen LogP contribution in [0.1, 0.15) is 226 Å². The highest BCUT2D eigenvalue weighted by atomic mass is 32.2. The van der Waals surface area contributed by atoms with Crippen LogP contribution in [0.25, 0.3) is 0 Å². The Hall–Kier alpha value is -0.910. The van der Waals surface area contributed by atoms with Gasteiger partial charge in [0.2, 0.25) is 0 Å². The fourth-order valence-corrected chi connectivity index (χ4v) is 16.3. The van der Waals surface area contributed by atoms with E-state index in [9.17, 15) is 0 Å². The lowest BCUT2D eigenvalue weighted by atomic mass is 9.75. The van der Waals surface area contributed by atoms with Gasteiger partial charge in [0, 0.05) is 0 Å². The number of rotatable bonds is 22. The minimum atomic E-state index is -1.73. The van der Waals surface area contributed by atoms with Gasteiger partial charge in [0.1, 0.15) is 11.5 Å². The first-order valence-corrected chi connectivity index (χ1v) is 32.1. The summed E-state index contributed by atoms with van der Waals surface area (Å²) in [5.74, 6) is 8.06. The summed E-state index contributed by atoms with van der Waals surface area (Å²) in [6.45, 7) is 42.5. The standard InChI is InChI=1S/C62H104O6P2S/c1-19-61(15,16)47-25-31-53(63-69(65-55-33-43(11)21-27-49(55)39(3)4)66-56-34-44(12)22-28-50(56)40(5)6)59(37-47)71-60-38-48(62(17,18)20-2)26-32-54(60)64-70(67-57-35-45(13)23-29-51(57)41(7)8)68-58-36-46(14)24-30-52(58)42(9)10/h25-26,31-32,37-46,49-52,55-58H,19-24,27-30,33-36H2,1-18H3/t43-,44-,45-,46-,49+,50+,51+,52+,55-,56-,57-,58-/m1/s1. The fraction of sp³-hybridized carbons (Fsp3) is 0.806. The van der Waals surface area contributed by atoms with E-state index in [1.54, 1.807) is 11.8 Å². The van der Waals surface area contributed by atoms with Gasteiger partial charge in [-0.3, -0.25) is 18.1 Å². The predicted octanol–water partition coefficient (Wildman–Crippen LogP) is 20.3. The van der Waals surface area contributed by atoms with E-state index in [1.807, 2.05) is 0 Å². The van der Waals surface area contributed by atoms with Gasteiger partial charge in [-0.05, 0) is 181 Å². The zero-order valence-electron chi connectivity index (χ0n) is 48.4. The molecule has 4 aliphatic carbocycles. The Morgan fingerprint density at radius 2 is 0.718 bits per heavy atom. The lowest BCUT2D eigenvalue weighted by Crippen LogP contribution is -2.36. The molecule has 12 atom stereocenters. The third-order valence-corrected chi connectivity index (χ3v) is 22.1. The lowest BCUT2D eigenvalue weighted by molar-refractivity contribution is -0.00331. The molecule has 71 heavy (non-hydrogen) atoms. The molecule has 0 heterocycles. The predicted molar refractivity (Wildman–Crippen MR) is 304 cm³/mol. The Balaban J connectivity index is 1.45. The van der Waals surface area contributed by atoms with E-state index < -0.39 is 17.2 Å². The van der Waals surface area contributed by atoms with E-state index in [0.29, 0.717) is 71.0 Å². The molecule has 4 aliphatic rings. The largest absolute Gasteiger partial charge is 0.426 e. The SMILES string of the molecule is CCC(C)(C)c1ccc(OP(O[C@@H]2C[C@H](C)CC[C@H]2C(C)C)O[C@@H]2C[C@H](C)CC[C@H]2C(C)C)c(Sc2cc(C(C)(C)CC)ccc2OP(O[C@@H]2C[C@H](C)CC[C@H]2C(C)C)O[C@@H]2C[C@H](C)CC[C@H]2C(C)C)c1. The monoisotopic (exact) mass is 1040 g/mol. The quantitative estimate of drug-likeness (QED) is 0.109. The zero-order chi connectivity index (χ0) is 51.9. The molecule has 6 rings (SSSR count). The van der Waals surface area contributed by atoms with Gasteiger partial charge < -0.3 is 9.05 Å². The molecule has 4 fully saturated rings. The molecule has 2 aromatic carbocycles. The highest BCUT2D eigenvalue weighted by Crippen LogP contribution is 2.57. The van der Waals surface area contributed by atoms with Crippen LogP contribution in [0, 0.1) is 71.0 Å². The first-order valence-electron chi connectivity index (χ1n) is 29.1. The number of hydrogen-bond acceptors (Lipinski definition) is 7. The highest BCUT2D eigenvalue weighted by molar-refractivity contribution is 7.99. The van der Waals surface area contributed by atoms with Gasteiger partial charge in [0.05, 0.1) is 34.2 Å². The molecule has 6 nitrogen and oxygen atoms in total. The molecule has 0 aromatic heterocycles. The van der Waals surface area contributed by atoms with Gasteiger partial charge in [-0.25, -0.2) is 0 Å². The van der Waals surface area contributed by atoms with Gasteiger partial charge in [-0.15, -0.1) is 0 Å². The second kappa shape index (κ2) is 26.4. The van der Waals surface area contributed by atoms with Crippen LogP contribution in [0.3, 0.4) is 0 Å². The van der Waals surface area contributed by atoms with Crippen LogP contribution >= 0.6 is 29.0 Å². The summed E-state index contributed by atoms with van der Waals surface area (Å²) in [7, 11) is -3.47. The zero-order valence-corrected chi connectivity index (χ0v) is 51.0. The van der Waals surface area contributed by atoms with Crippen molar-refractivity contribution in [1.82, 2.24) is 0 Å². The molecule has 9 heteroatoms. The summed E-state index contributed by atoms with van der Waals surface area (Å²) in [6.07, 6.45) is 16.3. The first kappa shape index (κ1) is 59.3. The summed E-state index contributed by atoms with van der Waals surface area (Å²) in [4.78, 5) is 2.12. The van der Waals surface area contributed by atoms with Crippen LogP contribution in [0.2, 0.25) is 0 Å². The van der Waals surface area contributed by atoms with Crippen molar-refractivity contribution in [3.05, 3.63) is 47.5 Å². The van der Waals surface area contributed by atoms with Crippen molar-refractivity contribution in [3.63, 3.8) is 0 Å². The number of benzene rings is 2. The third kappa shape index (κ3) is 16.1. The van der Waals surface area contributed by atoms with Crippen LogP contribution in [0.5, 0.6) is 11.5 Å². The molecule has 0 unspecified atom stereocenters. The Morgan fingerprint density at radius 1 is 0.451 bits per heavy atom. The van der Waals surface area contributed by atoms with Crippen LogP contribution in [-0.2, 0) is 28.9 Å². The van der Waals surface area contributed by atoms with E-state index in [0.717, 1.165) is 59.8 Å². The molecule has 0 N–H and O–H groups in total. The maximum absolute atomic E-state index is 7.39. The average Bonchev–Trinajstić information content (AvgIpc) is 3.29. The van der Waals surface area contributed by atoms with Crippen LogP contribution in [0.4, 0.5) is 0 Å². The molecule has 0 saturated heterocycles. The second-order valence-electron chi connectivity index (χ2n) is 26.4. The van der Waals surface area contributed by atoms with E-state index >= 15 is 0 Å². The first-order chi connectivity index (χ1) is 33.5.